The fraction of sp³-hybridized carbons (Fsp3) is 0.733. The van der Waals surface area contributed by atoms with Gasteiger partial charge in [-0.1, -0.05) is 34.1 Å². The molecule has 0 bridgehead atoms. The van der Waals surface area contributed by atoms with Gasteiger partial charge in [0, 0.05) is 6.42 Å². The van der Waals surface area contributed by atoms with Crippen molar-refractivity contribution in [1.82, 2.24) is 5.32 Å². The summed E-state index contributed by atoms with van der Waals surface area (Å²) in [7, 11) is 0. The number of nitrogens with one attached hydrogen (secondary N) is 1. The third kappa shape index (κ3) is 4.19. The molecule has 0 saturated heterocycles. The van der Waals surface area contributed by atoms with E-state index in [0.29, 0.717) is 12.0 Å². The molecule has 2 nitrogen and oxygen atoms in total. The topological polar surface area (TPSA) is 25.2 Å². The Labute approximate surface area is 106 Å². The Balaban J connectivity index is 2.73. The van der Waals surface area contributed by atoms with Crippen LogP contribution in [-0.4, -0.2) is 6.54 Å². The largest absolute Gasteiger partial charge is 0.464 e. The Morgan fingerprint density at radius 1 is 1.18 bits per heavy atom. The molecule has 1 rings (SSSR count). The van der Waals surface area contributed by atoms with Gasteiger partial charge in [-0.25, -0.2) is 0 Å². The molecule has 0 radical (unpaired) electrons. The Morgan fingerprint density at radius 2 is 1.94 bits per heavy atom. The lowest BCUT2D eigenvalue weighted by atomic mass is 9.95. The second-order valence-corrected chi connectivity index (χ2v) is 4.86. The highest BCUT2D eigenvalue weighted by atomic mass is 16.3. The minimum Gasteiger partial charge on any atom is -0.464 e. The van der Waals surface area contributed by atoms with Crippen molar-refractivity contribution in [3.8, 4) is 0 Å². The number of hydrogen-bond donors (Lipinski definition) is 1. The minimum atomic E-state index is 0.371. The van der Waals surface area contributed by atoms with E-state index in [2.05, 4.69) is 45.1 Å². The van der Waals surface area contributed by atoms with Crippen molar-refractivity contribution >= 4 is 0 Å². The zero-order chi connectivity index (χ0) is 12.7. The maximum absolute atomic E-state index is 5.90. The Hall–Kier alpha value is -0.760. The molecule has 98 valence electrons. The first kappa shape index (κ1) is 14.3. The molecule has 17 heavy (non-hydrogen) atoms. The summed E-state index contributed by atoms with van der Waals surface area (Å²) in [6.45, 7) is 9.94. The van der Waals surface area contributed by atoms with Crippen molar-refractivity contribution in [3.05, 3.63) is 23.7 Å². The van der Waals surface area contributed by atoms with Crippen molar-refractivity contribution in [2.24, 2.45) is 5.92 Å². The van der Waals surface area contributed by atoms with E-state index in [1.165, 1.54) is 12.8 Å². The molecule has 2 unspecified atom stereocenters. The van der Waals surface area contributed by atoms with Gasteiger partial charge >= 0.3 is 0 Å². The molecule has 0 spiro atoms. The van der Waals surface area contributed by atoms with Gasteiger partial charge in [0.25, 0.3) is 0 Å². The molecule has 0 saturated carbocycles. The molecule has 0 aliphatic carbocycles. The fourth-order valence-electron chi connectivity index (χ4n) is 2.26. The highest BCUT2D eigenvalue weighted by Gasteiger charge is 2.20. The lowest BCUT2D eigenvalue weighted by molar-refractivity contribution is 0.304. The maximum atomic E-state index is 5.90. The zero-order valence-electron chi connectivity index (χ0n) is 11.8. The van der Waals surface area contributed by atoms with Crippen LogP contribution in [-0.2, 0) is 6.42 Å². The molecule has 2 atom stereocenters. The maximum Gasteiger partial charge on any atom is 0.121 e. The van der Waals surface area contributed by atoms with Gasteiger partial charge in [-0.2, -0.15) is 0 Å². The predicted octanol–water partition coefficient (Wildman–Crippen LogP) is 4.32. The first-order chi connectivity index (χ1) is 8.22. The van der Waals surface area contributed by atoms with Gasteiger partial charge in [-0.3, -0.25) is 0 Å². The van der Waals surface area contributed by atoms with Crippen molar-refractivity contribution in [2.45, 2.75) is 59.4 Å². The van der Waals surface area contributed by atoms with Crippen LogP contribution >= 0.6 is 0 Å². The van der Waals surface area contributed by atoms with Crippen molar-refractivity contribution in [3.63, 3.8) is 0 Å². The molecule has 1 aromatic rings. The lowest BCUT2D eigenvalue weighted by Gasteiger charge is -2.23. The summed E-state index contributed by atoms with van der Waals surface area (Å²) in [5, 5.41) is 3.61. The molecule has 1 heterocycles. The monoisotopic (exact) mass is 237 g/mol. The smallest absolute Gasteiger partial charge is 0.121 e. The van der Waals surface area contributed by atoms with E-state index in [1.807, 2.05) is 0 Å². The van der Waals surface area contributed by atoms with Crippen LogP contribution in [0.5, 0.6) is 0 Å². The van der Waals surface area contributed by atoms with E-state index in [9.17, 15) is 0 Å². The van der Waals surface area contributed by atoms with Gasteiger partial charge in [-0.05, 0) is 37.4 Å². The first-order valence-electron chi connectivity index (χ1n) is 7.04. The molecule has 0 fully saturated rings. The number of aryl methyl sites for hydroxylation is 1. The normalized spacial score (nSPS) is 14.8. The summed E-state index contributed by atoms with van der Waals surface area (Å²) in [4.78, 5) is 0. The predicted molar refractivity (Wildman–Crippen MR) is 73.2 cm³/mol. The summed E-state index contributed by atoms with van der Waals surface area (Å²) >= 11 is 0. The molecular formula is C15H27NO. The van der Waals surface area contributed by atoms with Crippen molar-refractivity contribution in [1.29, 1.82) is 0 Å². The standard InChI is InChI=1S/C15H27NO/c1-5-8-12(4)15(16-11-6-2)14-10-9-13(7-3)17-14/h9-10,12,15-16H,5-8,11H2,1-4H3. The molecule has 1 N–H and O–H groups in total. The van der Waals surface area contributed by atoms with Gasteiger partial charge in [0.15, 0.2) is 0 Å². The van der Waals surface area contributed by atoms with Gasteiger partial charge in [0.1, 0.15) is 11.5 Å². The van der Waals surface area contributed by atoms with Gasteiger partial charge in [0.05, 0.1) is 6.04 Å². The third-order valence-corrected chi connectivity index (χ3v) is 3.26. The van der Waals surface area contributed by atoms with Crippen LogP contribution in [0.15, 0.2) is 16.5 Å². The van der Waals surface area contributed by atoms with Crippen LogP contribution in [0, 0.1) is 5.92 Å². The molecule has 2 heteroatoms. The van der Waals surface area contributed by atoms with Crippen LogP contribution in [0.25, 0.3) is 0 Å². The van der Waals surface area contributed by atoms with Crippen LogP contribution < -0.4 is 5.32 Å². The fourth-order valence-corrected chi connectivity index (χ4v) is 2.26. The Morgan fingerprint density at radius 3 is 2.47 bits per heavy atom. The average molecular weight is 237 g/mol. The minimum absolute atomic E-state index is 0.371. The second kappa shape index (κ2) is 7.54. The number of furan rings is 1. The Bertz CT molecular complexity index is 306. The van der Waals surface area contributed by atoms with Crippen LogP contribution in [0.1, 0.15) is 64.5 Å². The summed E-state index contributed by atoms with van der Waals surface area (Å²) in [5.41, 5.74) is 0. The zero-order valence-corrected chi connectivity index (χ0v) is 11.8. The van der Waals surface area contributed by atoms with Gasteiger partial charge in [0.2, 0.25) is 0 Å². The number of rotatable bonds is 8. The van der Waals surface area contributed by atoms with E-state index < -0.39 is 0 Å². The van der Waals surface area contributed by atoms with E-state index >= 15 is 0 Å². The summed E-state index contributed by atoms with van der Waals surface area (Å²) in [5.74, 6) is 2.82. The van der Waals surface area contributed by atoms with Crippen LogP contribution in [0.2, 0.25) is 0 Å². The molecular weight excluding hydrogens is 210 g/mol. The third-order valence-electron chi connectivity index (χ3n) is 3.26. The van der Waals surface area contributed by atoms with Crippen molar-refractivity contribution in [2.75, 3.05) is 6.54 Å². The van der Waals surface area contributed by atoms with Crippen LogP contribution in [0.4, 0.5) is 0 Å². The molecule has 1 aromatic heterocycles. The molecule has 0 aliphatic rings. The van der Waals surface area contributed by atoms with E-state index in [4.69, 9.17) is 4.42 Å². The second-order valence-electron chi connectivity index (χ2n) is 4.86. The molecule has 0 aromatic carbocycles. The lowest BCUT2D eigenvalue weighted by Crippen LogP contribution is -2.27. The highest BCUT2D eigenvalue weighted by Crippen LogP contribution is 2.27. The molecule has 0 aliphatic heterocycles. The summed E-state index contributed by atoms with van der Waals surface area (Å²) in [6, 6.07) is 4.61. The first-order valence-corrected chi connectivity index (χ1v) is 7.04. The van der Waals surface area contributed by atoms with Crippen LogP contribution in [0.3, 0.4) is 0 Å². The average Bonchev–Trinajstić information content (AvgIpc) is 2.78. The Kier molecular flexibility index (Phi) is 6.35. The van der Waals surface area contributed by atoms with Crippen molar-refractivity contribution < 1.29 is 4.42 Å². The van der Waals surface area contributed by atoms with E-state index in [-0.39, 0.29) is 0 Å². The summed E-state index contributed by atoms with van der Waals surface area (Å²) < 4.78 is 5.90. The molecule has 0 amide bonds. The quantitative estimate of drug-likeness (QED) is 0.728. The van der Waals surface area contributed by atoms with Gasteiger partial charge < -0.3 is 9.73 Å². The summed E-state index contributed by atoms with van der Waals surface area (Å²) in [6.07, 6.45) is 4.61. The highest BCUT2D eigenvalue weighted by molar-refractivity contribution is 5.11. The van der Waals surface area contributed by atoms with E-state index in [1.54, 1.807) is 0 Å². The van der Waals surface area contributed by atoms with Gasteiger partial charge in [-0.15, -0.1) is 0 Å². The van der Waals surface area contributed by atoms with E-state index in [0.717, 1.165) is 30.9 Å². The SMILES string of the molecule is CCCNC(c1ccc(CC)o1)C(C)CCC. The number of hydrogen-bond acceptors (Lipinski definition) is 2.